The molecule has 0 aliphatic rings. The van der Waals surface area contributed by atoms with Crippen LogP contribution >= 0.6 is 11.3 Å². The molecule has 0 bridgehead atoms. The Balaban J connectivity index is 1.93. The van der Waals surface area contributed by atoms with Gasteiger partial charge in [-0.2, -0.15) is 0 Å². The van der Waals surface area contributed by atoms with Crippen LogP contribution in [0, 0.1) is 0 Å². The molecule has 1 unspecified atom stereocenters. The van der Waals surface area contributed by atoms with Crippen LogP contribution in [0.1, 0.15) is 17.3 Å². The predicted molar refractivity (Wildman–Crippen MR) is 79.2 cm³/mol. The lowest BCUT2D eigenvalue weighted by Crippen LogP contribution is -2.15. The summed E-state index contributed by atoms with van der Waals surface area (Å²) < 4.78 is 0. The van der Waals surface area contributed by atoms with Crippen molar-refractivity contribution in [3.8, 4) is 10.6 Å². The molecule has 0 fully saturated rings. The van der Waals surface area contributed by atoms with Crippen LogP contribution in [0.3, 0.4) is 0 Å². The number of aromatic nitrogens is 2. The van der Waals surface area contributed by atoms with E-state index in [0.29, 0.717) is 6.54 Å². The highest BCUT2D eigenvalue weighted by molar-refractivity contribution is 7.13. The highest BCUT2D eigenvalue weighted by Gasteiger charge is 2.16. The smallest absolute Gasteiger partial charge is 0.115 e. The summed E-state index contributed by atoms with van der Waals surface area (Å²) in [6, 6.07) is 14.4. The van der Waals surface area contributed by atoms with Gasteiger partial charge in [-0.3, -0.25) is 0 Å². The van der Waals surface area contributed by atoms with Crippen molar-refractivity contribution in [3.63, 3.8) is 0 Å². The van der Waals surface area contributed by atoms with Crippen LogP contribution in [0.15, 0.2) is 54.0 Å². The van der Waals surface area contributed by atoms with Crippen molar-refractivity contribution in [1.82, 2.24) is 9.97 Å². The molecule has 0 saturated carbocycles. The summed E-state index contributed by atoms with van der Waals surface area (Å²) in [7, 11) is 0. The van der Waals surface area contributed by atoms with Crippen molar-refractivity contribution in [2.45, 2.75) is 5.92 Å². The van der Waals surface area contributed by atoms with Crippen molar-refractivity contribution in [2.75, 3.05) is 6.54 Å². The van der Waals surface area contributed by atoms with Crippen LogP contribution in [0.5, 0.6) is 0 Å². The molecule has 3 nitrogen and oxygen atoms in total. The van der Waals surface area contributed by atoms with Gasteiger partial charge < -0.3 is 10.7 Å². The molecule has 2 aromatic heterocycles. The molecule has 0 aliphatic heterocycles. The average molecular weight is 269 g/mol. The minimum absolute atomic E-state index is 0.120. The zero-order chi connectivity index (χ0) is 13.1. The number of nitrogens with zero attached hydrogens (tertiary/aromatic N) is 1. The van der Waals surface area contributed by atoms with E-state index in [-0.39, 0.29) is 5.92 Å². The number of imidazole rings is 1. The van der Waals surface area contributed by atoms with E-state index in [1.54, 1.807) is 11.3 Å². The lowest BCUT2D eigenvalue weighted by Gasteiger charge is -2.12. The standard InChI is InChI=1S/C15H15N3S/c16-9-12(11-5-2-1-3-6-11)15-17-10-13(18-15)14-7-4-8-19-14/h1-8,10,12H,9,16H2,(H,17,18). The number of aromatic amines is 1. The maximum Gasteiger partial charge on any atom is 0.115 e. The first-order valence-corrected chi connectivity index (χ1v) is 7.10. The molecule has 19 heavy (non-hydrogen) atoms. The lowest BCUT2D eigenvalue weighted by atomic mass is 9.99. The number of nitrogens with two attached hydrogens (primary N) is 1. The number of hydrogen-bond donors (Lipinski definition) is 2. The molecule has 0 aliphatic carbocycles. The minimum Gasteiger partial charge on any atom is -0.341 e. The fraction of sp³-hybridized carbons (Fsp3) is 0.133. The zero-order valence-corrected chi connectivity index (χ0v) is 11.2. The van der Waals surface area contributed by atoms with Crippen molar-refractivity contribution in [2.24, 2.45) is 5.73 Å². The van der Waals surface area contributed by atoms with Crippen LogP contribution in [0.2, 0.25) is 0 Å². The summed E-state index contributed by atoms with van der Waals surface area (Å²) in [5, 5.41) is 2.06. The second kappa shape index (κ2) is 5.38. The Bertz CT molecular complexity index is 628. The van der Waals surface area contributed by atoms with E-state index in [4.69, 9.17) is 5.73 Å². The molecule has 1 atom stereocenters. The second-order valence-electron chi connectivity index (χ2n) is 4.36. The van der Waals surface area contributed by atoms with Gasteiger partial charge in [0.25, 0.3) is 0 Å². The Morgan fingerprint density at radius 2 is 2.00 bits per heavy atom. The largest absolute Gasteiger partial charge is 0.341 e. The Morgan fingerprint density at radius 3 is 2.68 bits per heavy atom. The number of H-pyrrole nitrogens is 1. The first-order valence-electron chi connectivity index (χ1n) is 6.22. The van der Waals surface area contributed by atoms with Gasteiger partial charge >= 0.3 is 0 Å². The third-order valence-corrected chi connectivity index (χ3v) is 4.05. The van der Waals surface area contributed by atoms with Gasteiger partial charge in [0.15, 0.2) is 0 Å². The van der Waals surface area contributed by atoms with E-state index >= 15 is 0 Å². The SMILES string of the molecule is NCC(c1ccccc1)c1ncc(-c2cccs2)[nH]1. The van der Waals surface area contributed by atoms with Gasteiger partial charge in [-0.25, -0.2) is 4.98 Å². The molecule has 1 aromatic carbocycles. The van der Waals surface area contributed by atoms with Crippen LogP contribution in [-0.4, -0.2) is 16.5 Å². The number of benzene rings is 1. The summed E-state index contributed by atoms with van der Waals surface area (Å²) >= 11 is 1.70. The molecule has 3 N–H and O–H groups in total. The van der Waals surface area contributed by atoms with Crippen molar-refractivity contribution < 1.29 is 0 Å². The fourth-order valence-corrected chi connectivity index (χ4v) is 2.85. The van der Waals surface area contributed by atoms with Gasteiger partial charge in [-0.15, -0.1) is 11.3 Å². The normalized spacial score (nSPS) is 12.5. The summed E-state index contributed by atoms with van der Waals surface area (Å²) in [6.07, 6.45) is 1.88. The molecule has 0 radical (unpaired) electrons. The Labute approximate surface area is 116 Å². The summed E-state index contributed by atoms with van der Waals surface area (Å²) in [5.74, 6) is 1.05. The first kappa shape index (κ1) is 12.1. The van der Waals surface area contributed by atoms with Crippen LogP contribution in [-0.2, 0) is 0 Å². The Kier molecular flexibility index (Phi) is 3.44. The van der Waals surface area contributed by atoms with Gasteiger partial charge in [0, 0.05) is 6.54 Å². The molecular formula is C15H15N3S. The van der Waals surface area contributed by atoms with Crippen molar-refractivity contribution >= 4 is 11.3 Å². The monoisotopic (exact) mass is 269 g/mol. The molecule has 3 aromatic rings. The molecule has 96 valence electrons. The number of hydrogen-bond acceptors (Lipinski definition) is 3. The summed E-state index contributed by atoms with van der Waals surface area (Å²) in [6.45, 7) is 0.543. The maximum absolute atomic E-state index is 5.91. The topological polar surface area (TPSA) is 54.7 Å². The van der Waals surface area contributed by atoms with E-state index in [1.807, 2.05) is 30.5 Å². The fourth-order valence-electron chi connectivity index (χ4n) is 2.16. The Hall–Kier alpha value is -1.91. The van der Waals surface area contributed by atoms with Gasteiger partial charge in [-0.1, -0.05) is 36.4 Å². The van der Waals surface area contributed by atoms with E-state index in [1.165, 1.54) is 10.4 Å². The number of thiophene rings is 1. The molecule has 3 rings (SSSR count). The van der Waals surface area contributed by atoms with Gasteiger partial charge in [-0.05, 0) is 17.0 Å². The van der Waals surface area contributed by atoms with E-state index in [2.05, 4.69) is 33.5 Å². The van der Waals surface area contributed by atoms with Gasteiger partial charge in [0.2, 0.25) is 0 Å². The molecule has 0 spiro atoms. The first-order chi connectivity index (χ1) is 9.38. The number of nitrogens with one attached hydrogen (secondary N) is 1. The van der Waals surface area contributed by atoms with Gasteiger partial charge in [0.1, 0.15) is 5.82 Å². The van der Waals surface area contributed by atoms with Crippen LogP contribution in [0.25, 0.3) is 10.6 Å². The number of rotatable bonds is 4. The quantitative estimate of drug-likeness (QED) is 0.764. The molecular weight excluding hydrogens is 254 g/mol. The molecule has 0 saturated heterocycles. The van der Waals surface area contributed by atoms with Gasteiger partial charge in [0.05, 0.1) is 22.7 Å². The third-order valence-electron chi connectivity index (χ3n) is 3.15. The predicted octanol–water partition coefficient (Wildman–Crippen LogP) is 3.23. The lowest BCUT2D eigenvalue weighted by molar-refractivity contribution is 0.765. The Morgan fingerprint density at radius 1 is 1.16 bits per heavy atom. The average Bonchev–Trinajstić information content (AvgIpc) is 3.11. The molecule has 0 amide bonds. The van der Waals surface area contributed by atoms with Crippen molar-refractivity contribution in [1.29, 1.82) is 0 Å². The molecule has 2 heterocycles. The summed E-state index contributed by atoms with van der Waals surface area (Å²) in [4.78, 5) is 9.07. The highest BCUT2D eigenvalue weighted by atomic mass is 32.1. The van der Waals surface area contributed by atoms with Crippen molar-refractivity contribution in [3.05, 3.63) is 65.4 Å². The minimum atomic E-state index is 0.120. The highest BCUT2D eigenvalue weighted by Crippen LogP contribution is 2.26. The van der Waals surface area contributed by atoms with E-state index in [0.717, 1.165) is 11.5 Å². The zero-order valence-electron chi connectivity index (χ0n) is 10.4. The maximum atomic E-state index is 5.91. The van der Waals surface area contributed by atoms with Crippen LogP contribution in [0.4, 0.5) is 0 Å². The van der Waals surface area contributed by atoms with E-state index < -0.39 is 0 Å². The molecule has 4 heteroatoms. The second-order valence-corrected chi connectivity index (χ2v) is 5.31. The third kappa shape index (κ3) is 2.45. The van der Waals surface area contributed by atoms with E-state index in [9.17, 15) is 0 Å². The van der Waals surface area contributed by atoms with Crippen LogP contribution < -0.4 is 5.73 Å². The summed E-state index contributed by atoms with van der Waals surface area (Å²) in [5.41, 5.74) is 8.15.